The highest BCUT2D eigenvalue weighted by Gasteiger charge is 2.29. The molecule has 0 bridgehead atoms. The first-order chi connectivity index (χ1) is 25.6. The number of carboxylic acid groups (broad SMARTS) is 2. The van der Waals surface area contributed by atoms with Crippen molar-refractivity contribution in [2.75, 3.05) is 8.61 Å². The molecular formula is C37H31Cl2N5O8S2. The first-order valence-corrected chi connectivity index (χ1v) is 19.4. The molecule has 0 aliphatic heterocycles. The summed E-state index contributed by atoms with van der Waals surface area (Å²) in [6, 6.07) is 28.0. The van der Waals surface area contributed by atoms with E-state index >= 15 is 0 Å². The summed E-state index contributed by atoms with van der Waals surface area (Å²) >= 11 is 11.8. The number of anilines is 2. The van der Waals surface area contributed by atoms with Gasteiger partial charge in [0.2, 0.25) is 0 Å². The summed E-state index contributed by atoms with van der Waals surface area (Å²) in [5.41, 5.74) is 1.86. The van der Waals surface area contributed by atoms with Crippen molar-refractivity contribution in [2.24, 2.45) is 7.05 Å². The maximum absolute atomic E-state index is 13.2. The molecule has 0 saturated heterocycles. The molecule has 278 valence electrons. The Labute approximate surface area is 321 Å². The normalized spacial score (nSPS) is 11.2. The molecule has 13 nitrogen and oxygen atoms in total. The number of hydrogen-bond acceptors (Lipinski definition) is 8. The number of pyridine rings is 1. The molecule has 0 spiro atoms. The Morgan fingerprint density at radius 3 is 1.57 bits per heavy atom. The minimum atomic E-state index is -4.01. The first kappa shape index (κ1) is 39.5. The lowest BCUT2D eigenvalue weighted by Gasteiger charge is -2.25. The molecule has 0 aliphatic carbocycles. The molecule has 0 radical (unpaired) electrons. The lowest BCUT2D eigenvalue weighted by atomic mass is 10.2. The highest BCUT2D eigenvalue weighted by molar-refractivity contribution is 7.93. The molecule has 0 amide bonds. The number of imidazole rings is 1. The third-order valence-electron chi connectivity index (χ3n) is 7.70. The molecule has 17 heteroatoms. The fourth-order valence-corrected chi connectivity index (χ4v) is 8.07. The lowest BCUT2D eigenvalue weighted by molar-refractivity contribution is 0.0686. The van der Waals surface area contributed by atoms with Crippen LogP contribution < -0.4 is 8.61 Å². The number of rotatable bonds is 12. The Balaban J connectivity index is 0.000000208. The van der Waals surface area contributed by atoms with Crippen LogP contribution in [0.1, 0.15) is 31.8 Å². The van der Waals surface area contributed by atoms with Gasteiger partial charge in [0.1, 0.15) is 4.90 Å². The Morgan fingerprint density at radius 1 is 0.685 bits per heavy atom. The number of aromatic carboxylic acids is 2. The van der Waals surface area contributed by atoms with E-state index in [4.69, 9.17) is 23.2 Å². The van der Waals surface area contributed by atoms with E-state index in [-0.39, 0.29) is 45.5 Å². The summed E-state index contributed by atoms with van der Waals surface area (Å²) in [4.78, 5) is 30.4. The van der Waals surface area contributed by atoms with Gasteiger partial charge in [-0.2, -0.15) is 8.42 Å². The number of hydrogen-bond donors (Lipinski definition) is 2. The third-order valence-corrected chi connectivity index (χ3v) is 11.6. The van der Waals surface area contributed by atoms with Gasteiger partial charge in [0.15, 0.2) is 5.03 Å². The van der Waals surface area contributed by atoms with Crippen molar-refractivity contribution in [1.29, 1.82) is 0 Å². The summed E-state index contributed by atoms with van der Waals surface area (Å²) in [7, 11) is -6.30. The summed E-state index contributed by atoms with van der Waals surface area (Å²) in [5, 5.41) is 19.4. The fraction of sp³-hybridized carbons (Fsp3) is 0.0811. The van der Waals surface area contributed by atoms with Crippen LogP contribution in [-0.2, 0) is 40.2 Å². The van der Waals surface area contributed by atoms with Gasteiger partial charge in [-0.15, -0.1) is 0 Å². The maximum atomic E-state index is 13.2. The molecule has 2 aromatic heterocycles. The molecule has 0 aliphatic rings. The third kappa shape index (κ3) is 9.62. The molecule has 6 rings (SSSR count). The van der Waals surface area contributed by atoms with Gasteiger partial charge in [0.25, 0.3) is 20.0 Å². The molecular weight excluding hydrogens is 777 g/mol. The molecule has 2 heterocycles. The zero-order chi connectivity index (χ0) is 39.0. The van der Waals surface area contributed by atoms with Crippen molar-refractivity contribution in [1.82, 2.24) is 14.5 Å². The van der Waals surface area contributed by atoms with Gasteiger partial charge in [0.05, 0.1) is 41.9 Å². The van der Waals surface area contributed by atoms with Gasteiger partial charge in [-0.05, 0) is 83.9 Å². The molecule has 0 unspecified atom stereocenters. The topological polar surface area (TPSA) is 180 Å². The van der Waals surface area contributed by atoms with Gasteiger partial charge in [0, 0.05) is 35.7 Å². The van der Waals surface area contributed by atoms with Crippen molar-refractivity contribution in [3.05, 3.63) is 166 Å². The molecule has 54 heavy (non-hydrogen) atoms. The standard InChI is InChI=1S/C19H15ClN2O4S.C18H16ClN3O4S/c20-16-8-6-14(7-9-16)13-22(17-4-1-3-15(11-17)19(23)24)27(25,26)18-5-2-10-21-12-18;1-21-11-17(20-12-21)27(25,26)22(10-13-5-7-15(19)8-6-13)16-4-2-3-14(9-16)18(23)24/h1-12H,13H2,(H,23,24);2-9,11-12H,10H2,1H3,(H,23,24). The first-order valence-electron chi connectivity index (χ1n) is 15.7. The van der Waals surface area contributed by atoms with E-state index < -0.39 is 32.0 Å². The van der Waals surface area contributed by atoms with E-state index in [0.29, 0.717) is 21.2 Å². The lowest BCUT2D eigenvalue weighted by Crippen LogP contribution is -2.31. The van der Waals surface area contributed by atoms with Gasteiger partial charge < -0.3 is 14.8 Å². The second-order valence-corrected chi connectivity index (χ2v) is 16.1. The van der Waals surface area contributed by atoms with Crippen LogP contribution >= 0.6 is 23.2 Å². The Morgan fingerprint density at radius 2 is 1.17 bits per heavy atom. The number of aromatic nitrogens is 3. The molecule has 0 fully saturated rings. The van der Waals surface area contributed by atoms with E-state index in [1.165, 1.54) is 78.0 Å². The number of sulfonamides is 2. The number of carboxylic acids is 2. The summed E-state index contributed by atoms with van der Waals surface area (Å²) in [6.07, 6.45) is 5.52. The second kappa shape index (κ2) is 16.9. The Hall–Kier alpha value is -5.74. The summed E-state index contributed by atoms with van der Waals surface area (Å²) < 4.78 is 56.6. The SMILES string of the molecule is Cn1cnc(S(=O)(=O)N(Cc2ccc(Cl)cc2)c2cccc(C(=O)O)c2)c1.O=C(O)c1cccc(N(Cc2ccc(Cl)cc2)S(=O)(=O)c2cccnc2)c1. The average Bonchev–Trinajstić information content (AvgIpc) is 3.62. The fourth-order valence-electron chi connectivity index (χ4n) is 4.99. The average molecular weight is 809 g/mol. The number of nitrogens with zero attached hydrogens (tertiary/aromatic N) is 5. The highest BCUT2D eigenvalue weighted by atomic mass is 35.5. The van der Waals surface area contributed by atoms with E-state index in [1.807, 2.05) is 0 Å². The van der Waals surface area contributed by atoms with Crippen molar-refractivity contribution in [3.63, 3.8) is 0 Å². The molecule has 6 aromatic rings. The van der Waals surface area contributed by atoms with E-state index in [2.05, 4.69) is 9.97 Å². The van der Waals surface area contributed by atoms with Crippen molar-refractivity contribution in [3.8, 4) is 0 Å². The smallest absolute Gasteiger partial charge is 0.335 e. The summed E-state index contributed by atoms with van der Waals surface area (Å²) in [6.45, 7) is 0.0105. The quantitative estimate of drug-likeness (QED) is 0.131. The molecule has 2 N–H and O–H groups in total. The molecule has 0 saturated carbocycles. The minimum Gasteiger partial charge on any atom is -0.478 e. The van der Waals surface area contributed by atoms with Crippen LogP contribution in [0.4, 0.5) is 11.4 Å². The van der Waals surface area contributed by atoms with Crippen LogP contribution in [0.5, 0.6) is 0 Å². The van der Waals surface area contributed by atoms with Crippen LogP contribution in [0.2, 0.25) is 10.0 Å². The maximum Gasteiger partial charge on any atom is 0.335 e. The number of carbonyl (C=O) groups is 2. The zero-order valence-corrected chi connectivity index (χ0v) is 31.4. The Kier molecular flexibility index (Phi) is 12.4. The zero-order valence-electron chi connectivity index (χ0n) is 28.3. The van der Waals surface area contributed by atoms with Crippen LogP contribution in [0.3, 0.4) is 0 Å². The number of benzene rings is 4. The monoisotopic (exact) mass is 807 g/mol. The van der Waals surface area contributed by atoms with E-state index in [9.17, 15) is 36.6 Å². The predicted molar refractivity (Wildman–Crippen MR) is 204 cm³/mol. The Bertz CT molecular complexity index is 2480. The number of halogens is 2. The van der Waals surface area contributed by atoms with Gasteiger partial charge in [-0.3, -0.25) is 13.6 Å². The van der Waals surface area contributed by atoms with Crippen LogP contribution in [-0.4, -0.2) is 53.5 Å². The second-order valence-electron chi connectivity index (χ2n) is 11.6. The van der Waals surface area contributed by atoms with Crippen LogP contribution in [0.15, 0.2) is 144 Å². The predicted octanol–water partition coefficient (Wildman–Crippen LogP) is 7.00. The minimum absolute atomic E-state index is 0.000844. The van der Waals surface area contributed by atoms with Crippen LogP contribution in [0, 0.1) is 0 Å². The largest absolute Gasteiger partial charge is 0.478 e. The van der Waals surface area contributed by atoms with Gasteiger partial charge >= 0.3 is 11.9 Å². The molecule has 4 aromatic carbocycles. The van der Waals surface area contributed by atoms with Gasteiger partial charge in [-0.1, -0.05) is 59.6 Å². The molecule has 0 atom stereocenters. The van der Waals surface area contributed by atoms with E-state index in [0.717, 1.165) is 8.61 Å². The highest BCUT2D eigenvalue weighted by Crippen LogP contribution is 2.28. The van der Waals surface area contributed by atoms with Crippen LogP contribution in [0.25, 0.3) is 0 Å². The van der Waals surface area contributed by atoms with Gasteiger partial charge in [-0.25, -0.2) is 23.0 Å². The summed E-state index contributed by atoms with van der Waals surface area (Å²) in [5.74, 6) is -2.28. The van der Waals surface area contributed by atoms with Crippen molar-refractivity contribution >= 4 is 66.6 Å². The van der Waals surface area contributed by atoms with Crippen molar-refractivity contribution < 1.29 is 36.6 Å². The van der Waals surface area contributed by atoms with Crippen molar-refractivity contribution in [2.45, 2.75) is 23.0 Å². The number of aryl methyl sites for hydroxylation is 1. The van der Waals surface area contributed by atoms with E-state index in [1.54, 1.807) is 67.7 Å².